The first-order chi connectivity index (χ1) is 8.70. The third kappa shape index (κ3) is 3.95. The van der Waals surface area contributed by atoms with E-state index in [0.717, 1.165) is 19.4 Å². The number of carbonyl (C=O) groups is 1. The minimum atomic E-state index is 0.185. The fourth-order valence-corrected chi connectivity index (χ4v) is 2.90. The molecule has 2 atom stereocenters. The Morgan fingerprint density at radius 2 is 2.11 bits per heavy atom. The summed E-state index contributed by atoms with van der Waals surface area (Å²) in [6.45, 7) is 3.95. The van der Waals surface area contributed by atoms with Gasteiger partial charge in [0.2, 0.25) is 5.91 Å². The molecule has 2 aliphatic rings. The van der Waals surface area contributed by atoms with Crippen molar-refractivity contribution in [1.29, 1.82) is 0 Å². The number of rotatable bonds is 5. The van der Waals surface area contributed by atoms with Crippen molar-refractivity contribution in [3.63, 3.8) is 0 Å². The second-order valence-corrected chi connectivity index (χ2v) is 5.87. The summed E-state index contributed by atoms with van der Waals surface area (Å²) >= 11 is 0. The molecule has 18 heavy (non-hydrogen) atoms. The quantitative estimate of drug-likeness (QED) is 0.775. The molecule has 1 heterocycles. The second-order valence-electron chi connectivity index (χ2n) is 5.87. The van der Waals surface area contributed by atoms with Gasteiger partial charge in [0.15, 0.2) is 0 Å². The molecule has 1 saturated carbocycles. The standard InChI is InChI=1S/C14H27N3O/c1-11-5-3-2-4-8-17(11)13(10-15)9-14(18)16-12-6-7-12/h11-13H,2-10,15H2,1H3,(H,16,18). The fraction of sp³-hybridized carbons (Fsp3) is 0.929. The third-order valence-electron chi connectivity index (χ3n) is 4.21. The van der Waals surface area contributed by atoms with Crippen LogP contribution in [0.1, 0.15) is 51.9 Å². The van der Waals surface area contributed by atoms with Crippen molar-refractivity contribution in [2.45, 2.75) is 70.0 Å². The Morgan fingerprint density at radius 1 is 1.33 bits per heavy atom. The second kappa shape index (κ2) is 6.53. The number of nitrogens with one attached hydrogen (secondary N) is 1. The lowest BCUT2D eigenvalue weighted by Crippen LogP contribution is -2.48. The van der Waals surface area contributed by atoms with Gasteiger partial charge in [0.05, 0.1) is 0 Å². The highest BCUT2D eigenvalue weighted by Gasteiger charge is 2.28. The van der Waals surface area contributed by atoms with Gasteiger partial charge in [0.25, 0.3) is 0 Å². The Morgan fingerprint density at radius 3 is 2.78 bits per heavy atom. The Balaban J connectivity index is 1.86. The first-order valence-corrected chi connectivity index (χ1v) is 7.46. The van der Waals surface area contributed by atoms with Crippen molar-refractivity contribution in [1.82, 2.24) is 10.2 Å². The summed E-state index contributed by atoms with van der Waals surface area (Å²) in [4.78, 5) is 14.4. The fourth-order valence-electron chi connectivity index (χ4n) is 2.90. The van der Waals surface area contributed by atoms with Gasteiger partial charge in [-0.1, -0.05) is 12.8 Å². The monoisotopic (exact) mass is 253 g/mol. The molecule has 1 aliphatic carbocycles. The van der Waals surface area contributed by atoms with E-state index >= 15 is 0 Å². The Labute approximate surface area is 110 Å². The highest BCUT2D eigenvalue weighted by Crippen LogP contribution is 2.21. The lowest BCUT2D eigenvalue weighted by molar-refractivity contribution is -0.122. The molecule has 0 aromatic carbocycles. The maximum atomic E-state index is 11.9. The van der Waals surface area contributed by atoms with E-state index in [9.17, 15) is 4.79 Å². The van der Waals surface area contributed by atoms with Crippen molar-refractivity contribution >= 4 is 5.91 Å². The molecule has 2 unspecified atom stereocenters. The smallest absolute Gasteiger partial charge is 0.221 e. The molecule has 1 saturated heterocycles. The molecule has 0 spiro atoms. The third-order valence-corrected chi connectivity index (χ3v) is 4.21. The maximum absolute atomic E-state index is 11.9. The van der Waals surface area contributed by atoms with E-state index < -0.39 is 0 Å². The van der Waals surface area contributed by atoms with Crippen molar-refractivity contribution in [2.75, 3.05) is 13.1 Å². The van der Waals surface area contributed by atoms with Crippen LogP contribution < -0.4 is 11.1 Å². The van der Waals surface area contributed by atoms with Gasteiger partial charge in [0.1, 0.15) is 0 Å². The molecule has 0 bridgehead atoms. The van der Waals surface area contributed by atoms with Gasteiger partial charge in [-0.05, 0) is 39.2 Å². The predicted octanol–water partition coefficient (Wildman–Crippen LogP) is 1.25. The summed E-state index contributed by atoms with van der Waals surface area (Å²) in [6, 6.07) is 1.24. The first-order valence-electron chi connectivity index (χ1n) is 7.46. The molecule has 1 aliphatic heterocycles. The number of carbonyl (C=O) groups excluding carboxylic acids is 1. The van der Waals surface area contributed by atoms with Crippen molar-refractivity contribution in [3.05, 3.63) is 0 Å². The highest BCUT2D eigenvalue weighted by molar-refractivity contribution is 5.77. The first kappa shape index (κ1) is 13.8. The van der Waals surface area contributed by atoms with E-state index in [-0.39, 0.29) is 11.9 Å². The molecule has 0 aromatic heterocycles. The van der Waals surface area contributed by atoms with E-state index in [1.165, 1.54) is 25.7 Å². The van der Waals surface area contributed by atoms with E-state index in [1.807, 2.05) is 0 Å². The summed E-state index contributed by atoms with van der Waals surface area (Å²) in [7, 11) is 0. The zero-order chi connectivity index (χ0) is 13.0. The van der Waals surface area contributed by atoms with Gasteiger partial charge in [-0.15, -0.1) is 0 Å². The minimum Gasteiger partial charge on any atom is -0.353 e. The Bertz CT molecular complexity index is 278. The zero-order valence-corrected chi connectivity index (χ0v) is 11.5. The van der Waals surface area contributed by atoms with Crippen LogP contribution in [-0.2, 0) is 4.79 Å². The van der Waals surface area contributed by atoms with Crippen LogP contribution in [0, 0.1) is 0 Å². The van der Waals surface area contributed by atoms with Crippen LogP contribution in [0.25, 0.3) is 0 Å². The molecular weight excluding hydrogens is 226 g/mol. The van der Waals surface area contributed by atoms with Crippen LogP contribution >= 0.6 is 0 Å². The van der Waals surface area contributed by atoms with Gasteiger partial charge in [-0.2, -0.15) is 0 Å². The molecular formula is C14H27N3O. The summed E-state index contributed by atoms with van der Waals surface area (Å²) in [5.74, 6) is 0.185. The van der Waals surface area contributed by atoms with Crippen molar-refractivity contribution in [2.24, 2.45) is 5.73 Å². The van der Waals surface area contributed by atoms with Crippen LogP contribution in [0.2, 0.25) is 0 Å². The predicted molar refractivity (Wildman–Crippen MR) is 73.3 cm³/mol. The maximum Gasteiger partial charge on any atom is 0.221 e. The van der Waals surface area contributed by atoms with Crippen molar-refractivity contribution < 1.29 is 4.79 Å². The summed E-state index contributed by atoms with van der Waals surface area (Å²) in [5.41, 5.74) is 5.89. The average Bonchev–Trinajstić information content (AvgIpc) is 3.15. The Kier molecular flexibility index (Phi) is 5.01. The number of nitrogens with two attached hydrogens (primary N) is 1. The van der Waals surface area contributed by atoms with E-state index in [1.54, 1.807) is 0 Å². The number of nitrogens with zero attached hydrogens (tertiary/aromatic N) is 1. The highest BCUT2D eigenvalue weighted by atomic mass is 16.1. The molecule has 104 valence electrons. The average molecular weight is 253 g/mol. The number of amides is 1. The summed E-state index contributed by atoms with van der Waals surface area (Å²) < 4.78 is 0. The molecule has 2 fully saturated rings. The van der Waals surface area contributed by atoms with E-state index in [2.05, 4.69) is 17.1 Å². The zero-order valence-electron chi connectivity index (χ0n) is 11.5. The van der Waals surface area contributed by atoms with Gasteiger partial charge < -0.3 is 11.1 Å². The van der Waals surface area contributed by atoms with Gasteiger partial charge >= 0.3 is 0 Å². The molecule has 0 aromatic rings. The number of hydrogen-bond acceptors (Lipinski definition) is 3. The largest absolute Gasteiger partial charge is 0.353 e. The van der Waals surface area contributed by atoms with Crippen LogP contribution in [0.15, 0.2) is 0 Å². The molecule has 4 heteroatoms. The molecule has 3 N–H and O–H groups in total. The SMILES string of the molecule is CC1CCCCCN1C(CN)CC(=O)NC1CC1. The van der Waals surface area contributed by atoms with Crippen LogP contribution in [0.4, 0.5) is 0 Å². The van der Waals surface area contributed by atoms with Gasteiger partial charge in [0, 0.05) is 31.1 Å². The van der Waals surface area contributed by atoms with E-state index in [4.69, 9.17) is 5.73 Å². The molecule has 4 nitrogen and oxygen atoms in total. The van der Waals surface area contributed by atoms with Gasteiger partial charge in [-0.25, -0.2) is 0 Å². The lowest BCUT2D eigenvalue weighted by atomic mass is 10.1. The number of likely N-dealkylation sites (tertiary alicyclic amines) is 1. The summed E-state index contributed by atoms with van der Waals surface area (Å²) in [6.07, 6.45) is 7.97. The van der Waals surface area contributed by atoms with Crippen LogP contribution in [-0.4, -0.2) is 42.0 Å². The van der Waals surface area contributed by atoms with Crippen LogP contribution in [0.5, 0.6) is 0 Å². The van der Waals surface area contributed by atoms with E-state index in [0.29, 0.717) is 25.0 Å². The molecule has 2 rings (SSSR count). The van der Waals surface area contributed by atoms with Gasteiger partial charge in [-0.3, -0.25) is 9.69 Å². The number of hydrogen-bond donors (Lipinski definition) is 2. The topological polar surface area (TPSA) is 58.4 Å². The Hall–Kier alpha value is -0.610. The summed E-state index contributed by atoms with van der Waals surface area (Å²) in [5, 5.41) is 3.07. The lowest BCUT2D eigenvalue weighted by Gasteiger charge is -2.34. The van der Waals surface area contributed by atoms with Crippen molar-refractivity contribution in [3.8, 4) is 0 Å². The minimum absolute atomic E-state index is 0.185. The molecule has 0 radical (unpaired) electrons. The molecule has 1 amide bonds. The van der Waals surface area contributed by atoms with Crippen LogP contribution in [0.3, 0.4) is 0 Å². The normalized spacial score (nSPS) is 27.6.